The van der Waals surface area contributed by atoms with Gasteiger partial charge >= 0.3 is 5.97 Å². The Labute approximate surface area is 219 Å². The van der Waals surface area contributed by atoms with Crippen LogP contribution in [0.5, 0.6) is 11.5 Å². The Balaban J connectivity index is 1.34. The Kier molecular flexibility index (Phi) is 9.64. The van der Waals surface area contributed by atoms with Crippen LogP contribution >= 0.6 is 15.9 Å². The zero-order valence-corrected chi connectivity index (χ0v) is 22.1. The summed E-state index contributed by atoms with van der Waals surface area (Å²) in [7, 11) is 0. The number of carbonyl (C=O) groups excluding carboxylic acids is 3. The molecule has 0 spiro atoms. The normalized spacial score (nSPS) is 10.4. The van der Waals surface area contributed by atoms with Crippen LogP contribution in [0.4, 0.5) is 11.4 Å². The van der Waals surface area contributed by atoms with Crippen molar-refractivity contribution in [2.75, 3.05) is 17.2 Å². The molecule has 2 N–H and O–H groups in total. The predicted molar refractivity (Wildman–Crippen MR) is 143 cm³/mol. The second-order valence-corrected chi connectivity index (χ2v) is 9.27. The Morgan fingerprint density at radius 2 is 1.31 bits per heavy atom. The van der Waals surface area contributed by atoms with Crippen molar-refractivity contribution in [2.24, 2.45) is 0 Å². The molecule has 7 nitrogen and oxygen atoms in total. The van der Waals surface area contributed by atoms with Gasteiger partial charge in [0.05, 0.1) is 0 Å². The first-order chi connectivity index (χ1) is 17.2. The van der Waals surface area contributed by atoms with E-state index in [-0.39, 0.29) is 25.4 Å². The van der Waals surface area contributed by atoms with E-state index in [1.54, 1.807) is 24.3 Å². The third kappa shape index (κ3) is 8.53. The molecule has 0 aliphatic carbocycles. The maximum absolute atomic E-state index is 12.2. The highest BCUT2D eigenvalue weighted by Crippen LogP contribution is 2.25. The van der Waals surface area contributed by atoms with E-state index in [4.69, 9.17) is 9.47 Å². The predicted octanol–water partition coefficient (Wildman–Crippen LogP) is 6.46. The van der Waals surface area contributed by atoms with Crippen molar-refractivity contribution in [3.05, 3.63) is 81.8 Å². The minimum atomic E-state index is -0.529. The molecule has 0 saturated heterocycles. The summed E-state index contributed by atoms with van der Waals surface area (Å²) in [6.45, 7) is 5.49. The summed E-state index contributed by atoms with van der Waals surface area (Å²) in [6.07, 6.45) is 0.507. The van der Waals surface area contributed by atoms with Gasteiger partial charge < -0.3 is 20.1 Å². The summed E-state index contributed by atoms with van der Waals surface area (Å²) >= 11 is 3.48. The largest absolute Gasteiger partial charge is 0.457 e. The van der Waals surface area contributed by atoms with Crippen molar-refractivity contribution >= 4 is 45.1 Å². The number of halogens is 1. The first kappa shape index (κ1) is 26.9. The lowest BCUT2D eigenvalue weighted by atomic mass is 10.1. The van der Waals surface area contributed by atoms with Crippen molar-refractivity contribution in [2.45, 2.75) is 40.0 Å². The van der Waals surface area contributed by atoms with Crippen molar-refractivity contribution in [1.82, 2.24) is 0 Å². The fraction of sp³-hybridized carbons (Fsp3) is 0.250. The van der Waals surface area contributed by atoms with Crippen LogP contribution in [0.2, 0.25) is 0 Å². The standard InChI is InChI=1S/C28H29BrN2O5/c1-18-7-11-23(12-8-18)36-24-13-9-21(10-14-24)30-25(32)5-4-6-27(34)35-17-26(33)31-22-15-19(2)28(29)20(3)16-22/h7-16H,4-6,17H2,1-3H3,(H,30,32)(H,31,33). The molecule has 0 saturated carbocycles. The minimum Gasteiger partial charge on any atom is -0.457 e. The Morgan fingerprint density at radius 1 is 0.750 bits per heavy atom. The van der Waals surface area contributed by atoms with Crippen molar-refractivity contribution in [3.8, 4) is 11.5 Å². The van der Waals surface area contributed by atoms with Crippen LogP contribution < -0.4 is 15.4 Å². The number of amides is 2. The van der Waals surface area contributed by atoms with E-state index >= 15 is 0 Å². The molecule has 3 aromatic rings. The third-order valence-corrected chi connectivity index (χ3v) is 6.51. The zero-order valence-electron chi connectivity index (χ0n) is 20.5. The second-order valence-electron chi connectivity index (χ2n) is 8.47. The summed E-state index contributed by atoms with van der Waals surface area (Å²) in [5, 5.41) is 5.51. The molecular weight excluding hydrogens is 524 g/mol. The maximum atomic E-state index is 12.2. The Morgan fingerprint density at radius 3 is 1.92 bits per heavy atom. The lowest BCUT2D eigenvalue weighted by molar-refractivity contribution is -0.147. The van der Waals surface area contributed by atoms with E-state index < -0.39 is 11.9 Å². The monoisotopic (exact) mass is 552 g/mol. The quantitative estimate of drug-likeness (QED) is 0.281. The third-order valence-electron chi connectivity index (χ3n) is 5.26. The van der Waals surface area contributed by atoms with E-state index in [1.807, 2.05) is 57.2 Å². The van der Waals surface area contributed by atoms with Gasteiger partial charge in [-0.1, -0.05) is 33.6 Å². The number of ether oxygens (including phenoxy) is 2. The second kappa shape index (κ2) is 12.9. The molecule has 188 valence electrons. The molecule has 0 aliphatic heterocycles. The highest BCUT2D eigenvalue weighted by Gasteiger charge is 2.11. The van der Waals surface area contributed by atoms with E-state index in [0.717, 1.165) is 26.9 Å². The molecule has 0 aliphatic rings. The number of hydrogen-bond acceptors (Lipinski definition) is 5. The average Bonchev–Trinajstić information content (AvgIpc) is 2.84. The topological polar surface area (TPSA) is 93.7 Å². The molecule has 3 aromatic carbocycles. The SMILES string of the molecule is Cc1ccc(Oc2ccc(NC(=O)CCCC(=O)OCC(=O)Nc3cc(C)c(Br)c(C)c3)cc2)cc1. The van der Waals surface area contributed by atoms with Gasteiger partial charge in [0.1, 0.15) is 11.5 Å². The molecule has 0 heterocycles. The number of benzene rings is 3. The first-order valence-electron chi connectivity index (χ1n) is 11.6. The first-order valence-corrected chi connectivity index (χ1v) is 12.4. The molecule has 0 aromatic heterocycles. The van der Waals surface area contributed by atoms with Crippen molar-refractivity contribution in [1.29, 1.82) is 0 Å². The van der Waals surface area contributed by atoms with E-state index in [9.17, 15) is 14.4 Å². The molecular formula is C28H29BrN2O5. The van der Waals surface area contributed by atoms with Crippen LogP contribution in [-0.2, 0) is 19.1 Å². The molecule has 0 fully saturated rings. The Bertz CT molecular complexity index is 1200. The summed E-state index contributed by atoms with van der Waals surface area (Å²) in [5.41, 5.74) is 4.41. The highest BCUT2D eigenvalue weighted by molar-refractivity contribution is 9.10. The van der Waals surface area contributed by atoms with Gasteiger partial charge in [-0.2, -0.15) is 0 Å². The van der Waals surface area contributed by atoms with E-state index in [1.165, 1.54) is 0 Å². The van der Waals surface area contributed by atoms with Gasteiger partial charge in [-0.15, -0.1) is 0 Å². The molecule has 0 radical (unpaired) electrons. The van der Waals surface area contributed by atoms with Gasteiger partial charge in [0.15, 0.2) is 6.61 Å². The summed E-state index contributed by atoms with van der Waals surface area (Å²) in [6, 6.07) is 18.5. The summed E-state index contributed by atoms with van der Waals surface area (Å²) < 4.78 is 11.8. The van der Waals surface area contributed by atoms with Gasteiger partial charge in [0.25, 0.3) is 5.91 Å². The number of carbonyl (C=O) groups is 3. The van der Waals surface area contributed by atoms with E-state index in [0.29, 0.717) is 23.5 Å². The lowest BCUT2D eigenvalue weighted by Gasteiger charge is -2.10. The molecule has 8 heteroatoms. The van der Waals surface area contributed by atoms with E-state index in [2.05, 4.69) is 26.6 Å². The molecule has 0 unspecified atom stereocenters. The smallest absolute Gasteiger partial charge is 0.306 e. The number of aryl methyl sites for hydroxylation is 3. The lowest BCUT2D eigenvalue weighted by Crippen LogP contribution is -2.21. The molecule has 36 heavy (non-hydrogen) atoms. The van der Waals surface area contributed by atoms with Gasteiger partial charge in [-0.25, -0.2) is 0 Å². The van der Waals surface area contributed by atoms with Gasteiger partial charge in [-0.05, 0) is 86.8 Å². The minimum absolute atomic E-state index is 0.0422. The average molecular weight is 553 g/mol. The number of hydrogen-bond donors (Lipinski definition) is 2. The fourth-order valence-electron chi connectivity index (χ4n) is 3.40. The summed E-state index contributed by atoms with van der Waals surface area (Å²) in [4.78, 5) is 36.2. The number of anilines is 2. The van der Waals surface area contributed by atoms with Gasteiger partial charge in [0, 0.05) is 28.7 Å². The van der Waals surface area contributed by atoms with Gasteiger partial charge in [0.2, 0.25) is 5.91 Å². The van der Waals surface area contributed by atoms with Crippen LogP contribution in [0, 0.1) is 20.8 Å². The van der Waals surface area contributed by atoms with Crippen molar-refractivity contribution in [3.63, 3.8) is 0 Å². The van der Waals surface area contributed by atoms with Gasteiger partial charge in [-0.3, -0.25) is 14.4 Å². The van der Waals surface area contributed by atoms with Crippen molar-refractivity contribution < 1.29 is 23.9 Å². The van der Waals surface area contributed by atoms with Crippen LogP contribution in [-0.4, -0.2) is 24.4 Å². The zero-order chi connectivity index (χ0) is 26.1. The van der Waals surface area contributed by atoms with Crippen LogP contribution in [0.15, 0.2) is 65.1 Å². The molecule has 0 bridgehead atoms. The van der Waals surface area contributed by atoms with Crippen LogP contribution in [0.3, 0.4) is 0 Å². The highest BCUT2D eigenvalue weighted by atomic mass is 79.9. The fourth-order valence-corrected chi connectivity index (χ4v) is 3.63. The van der Waals surface area contributed by atoms with Crippen LogP contribution in [0.25, 0.3) is 0 Å². The summed E-state index contributed by atoms with van der Waals surface area (Å²) in [5.74, 6) is 0.235. The number of rotatable bonds is 10. The Hall–Kier alpha value is -3.65. The molecule has 2 amide bonds. The maximum Gasteiger partial charge on any atom is 0.306 e. The number of nitrogens with one attached hydrogen (secondary N) is 2. The number of esters is 1. The molecule has 3 rings (SSSR count). The molecule has 0 atom stereocenters. The van der Waals surface area contributed by atoms with Crippen LogP contribution in [0.1, 0.15) is 36.0 Å².